The molecule has 0 N–H and O–H groups in total. The van der Waals surface area contributed by atoms with Gasteiger partial charge in [-0.05, 0) is 12.1 Å². The lowest BCUT2D eigenvalue weighted by molar-refractivity contribution is 0.482. The summed E-state index contributed by atoms with van der Waals surface area (Å²) in [6.45, 7) is 0. The van der Waals surface area contributed by atoms with Gasteiger partial charge >= 0.3 is 0 Å². The third kappa shape index (κ3) is 3.61. The van der Waals surface area contributed by atoms with Gasteiger partial charge in [-0.15, -0.1) is 0 Å². The normalized spacial score (nSPS) is 11.5. The minimum Gasteiger partial charge on any atom is -0.465 e. The van der Waals surface area contributed by atoms with Crippen molar-refractivity contribution in [1.82, 2.24) is 0 Å². The topological polar surface area (TPSA) is 26.3 Å². The maximum atomic E-state index is 13.6. The van der Waals surface area contributed by atoms with Gasteiger partial charge in [-0.25, -0.2) is 0 Å². The highest BCUT2D eigenvalue weighted by Crippen LogP contribution is 2.44. The molecule has 3 heteroatoms. The summed E-state index contributed by atoms with van der Waals surface area (Å²) in [7, 11) is -2.87. The van der Waals surface area contributed by atoms with E-state index in [0.29, 0.717) is 0 Å². The van der Waals surface area contributed by atoms with Crippen molar-refractivity contribution in [3.63, 3.8) is 0 Å². The first-order chi connectivity index (χ1) is 11.3. The van der Waals surface area contributed by atoms with Crippen LogP contribution in [0.5, 0.6) is 5.75 Å². The molecule has 0 spiro atoms. The molecule has 0 unspecified atom stereocenters. The quantitative estimate of drug-likeness (QED) is 0.509. The molecule has 0 aliphatic heterocycles. The van der Waals surface area contributed by atoms with Crippen LogP contribution in [0.3, 0.4) is 0 Å². The van der Waals surface area contributed by atoms with Gasteiger partial charge in [-0.3, -0.25) is 0 Å². The Bertz CT molecular complexity index is 769. The van der Waals surface area contributed by atoms with E-state index in [9.17, 15) is 4.57 Å². The van der Waals surface area contributed by atoms with Crippen LogP contribution in [0.2, 0.25) is 0 Å². The molecule has 3 aromatic carbocycles. The molecule has 23 heavy (non-hydrogen) atoms. The minimum absolute atomic E-state index is 0.719. The van der Waals surface area contributed by atoms with Gasteiger partial charge in [0.05, 0.1) is 6.26 Å². The zero-order valence-electron chi connectivity index (χ0n) is 12.6. The largest absolute Gasteiger partial charge is 0.465 e. The van der Waals surface area contributed by atoms with E-state index in [0.717, 1.165) is 16.4 Å². The Kier molecular flexibility index (Phi) is 4.75. The zero-order valence-corrected chi connectivity index (χ0v) is 13.5. The zero-order chi connectivity index (χ0) is 16.0. The van der Waals surface area contributed by atoms with Crippen LogP contribution in [0.1, 0.15) is 0 Å². The fourth-order valence-electron chi connectivity index (χ4n) is 2.31. The van der Waals surface area contributed by atoms with Crippen LogP contribution in [0.15, 0.2) is 103 Å². The van der Waals surface area contributed by atoms with Gasteiger partial charge in [0.2, 0.25) is 0 Å². The molecule has 0 bridgehead atoms. The molecule has 114 valence electrons. The van der Waals surface area contributed by atoms with Crippen molar-refractivity contribution in [3.05, 3.63) is 103 Å². The Morgan fingerprint density at radius 2 is 1.09 bits per heavy atom. The van der Waals surface area contributed by atoms with Crippen molar-refractivity contribution in [1.29, 1.82) is 0 Å². The molecule has 0 saturated carbocycles. The molecule has 0 amide bonds. The predicted molar refractivity (Wildman–Crippen MR) is 96.0 cm³/mol. The lowest BCUT2D eigenvalue weighted by Crippen LogP contribution is -2.14. The van der Waals surface area contributed by atoms with E-state index in [-0.39, 0.29) is 0 Å². The average Bonchev–Trinajstić information content (AvgIpc) is 2.64. The number of hydrogen-bond acceptors (Lipinski definition) is 2. The molecule has 3 aromatic rings. The van der Waals surface area contributed by atoms with Gasteiger partial charge in [0.15, 0.2) is 7.14 Å². The lowest BCUT2D eigenvalue weighted by atomic mass is 10.3. The standard InChI is InChI=1S/C20H17O2P/c21-23(19-12-6-2-7-13-19,20-14-8-3-9-15-20)17-16-22-18-10-4-1-5-11-18/h1-17H. The van der Waals surface area contributed by atoms with Crippen molar-refractivity contribution in [2.75, 3.05) is 0 Å². The van der Waals surface area contributed by atoms with Crippen molar-refractivity contribution in [2.45, 2.75) is 0 Å². The Labute approximate surface area is 136 Å². The van der Waals surface area contributed by atoms with Crippen molar-refractivity contribution in [2.24, 2.45) is 0 Å². The summed E-state index contributed by atoms with van der Waals surface area (Å²) in [4.78, 5) is 0. The van der Waals surface area contributed by atoms with E-state index in [2.05, 4.69) is 0 Å². The van der Waals surface area contributed by atoms with Gasteiger partial charge < -0.3 is 9.30 Å². The molecule has 0 radical (unpaired) electrons. The molecule has 0 aliphatic rings. The molecular weight excluding hydrogens is 303 g/mol. The second kappa shape index (κ2) is 7.13. The van der Waals surface area contributed by atoms with Crippen LogP contribution in [-0.2, 0) is 4.57 Å². The summed E-state index contributed by atoms with van der Waals surface area (Å²) in [6.07, 6.45) is 1.52. The molecule has 0 fully saturated rings. The van der Waals surface area contributed by atoms with Crippen LogP contribution >= 0.6 is 7.14 Å². The molecule has 0 saturated heterocycles. The maximum absolute atomic E-state index is 13.6. The van der Waals surface area contributed by atoms with Crippen LogP contribution < -0.4 is 15.3 Å². The number of benzene rings is 3. The predicted octanol–water partition coefficient (Wildman–Crippen LogP) is 4.55. The Balaban J connectivity index is 1.95. The third-order valence-electron chi connectivity index (χ3n) is 3.50. The van der Waals surface area contributed by atoms with E-state index < -0.39 is 7.14 Å². The summed E-state index contributed by atoms with van der Waals surface area (Å²) >= 11 is 0. The first-order valence-electron chi connectivity index (χ1n) is 7.39. The van der Waals surface area contributed by atoms with Gasteiger partial charge in [0.1, 0.15) is 5.75 Å². The SMILES string of the molecule is O=P(C=COc1ccccc1)(c1ccccc1)c1ccccc1. The highest BCUT2D eigenvalue weighted by atomic mass is 31.2. The summed E-state index contributed by atoms with van der Waals surface area (Å²) in [5, 5.41) is 1.58. The Hall–Kier alpha value is -2.57. The average molecular weight is 320 g/mol. The van der Waals surface area contributed by atoms with Crippen LogP contribution in [0.25, 0.3) is 0 Å². The minimum atomic E-state index is -2.87. The highest BCUT2D eigenvalue weighted by Gasteiger charge is 2.23. The molecule has 0 atom stereocenters. The summed E-state index contributed by atoms with van der Waals surface area (Å²) in [5.41, 5.74) is 0. The fraction of sp³-hybridized carbons (Fsp3) is 0. The lowest BCUT2D eigenvalue weighted by Gasteiger charge is -2.15. The van der Waals surface area contributed by atoms with Gasteiger partial charge in [-0.1, -0.05) is 78.9 Å². The third-order valence-corrected chi connectivity index (χ3v) is 6.17. The number of rotatable bonds is 5. The molecule has 0 heterocycles. The van der Waals surface area contributed by atoms with E-state index in [4.69, 9.17) is 4.74 Å². The highest BCUT2D eigenvalue weighted by molar-refractivity contribution is 7.81. The van der Waals surface area contributed by atoms with E-state index >= 15 is 0 Å². The first-order valence-corrected chi connectivity index (χ1v) is 9.17. The number of ether oxygens (including phenoxy) is 1. The molecule has 0 aromatic heterocycles. The summed E-state index contributed by atoms with van der Waals surface area (Å²) in [6, 6.07) is 28.4. The van der Waals surface area contributed by atoms with Crippen molar-refractivity contribution in [3.8, 4) is 5.75 Å². The van der Waals surface area contributed by atoms with E-state index in [1.54, 1.807) is 5.82 Å². The first kappa shape index (κ1) is 15.3. The smallest absolute Gasteiger partial charge is 0.167 e. The fourth-order valence-corrected chi connectivity index (χ4v) is 4.42. The molecular formula is C20H17O2P. The summed E-state index contributed by atoms with van der Waals surface area (Å²) in [5.74, 6) is 2.39. The molecule has 0 aliphatic carbocycles. The van der Waals surface area contributed by atoms with Crippen molar-refractivity contribution >= 4 is 17.8 Å². The number of hydrogen-bond donors (Lipinski definition) is 0. The van der Waals surface area contributed by atoms with Gasteiger partial charge in [0, 0.05) is 16.4 Å². The second-order valence-corrected chi connectivity index (χ2v) is 7.69. The van der Waals surface area contributed by atoms with E-state index in [1.807, 2.05) is 91.0 Å². The summed E-state index contributed by atoms with van der Waals surface area (Å²) < 4.78 is 19.2. The van der Waals surface area contributed by atoms with Gasteiger partial charge in [0.25, 0.3) is 0 Å². The van der Waals surface area contributed by atoms with Crippen LogP contribution in [-0.4, -0.2) is 0 Å². The van der Waals surface area contributed by atoms with Crippen LogP contribution in [0.4, 0.5) is 0 Å². The molecule has 3 rings (SSSR count). The Morgan fingerprint density at radius 3 is 1.57 bits per heavy atom. The van der Waals surface area contributed by atoms with Crippen LogP contribution in [0, 0.1) is 0 Å². The molecule has 2 nitrogen and oxygen atoms in total. The number of para-hydroxylation sites is 1. The van der Waals surface area contributed by atoms with E-state index in [1.165, 1.54) is 6.26 Å². The Morgan fingerprint density at radius 1 is 0.652 bits per heavy atom. The van der Waals surface area contributed by atoms with Crippen molar-refractivity contribution < 1.29 is 9.30 Å². The maximum Gasteiger partial charge on any atom is 0.167 e. The monoisotopic (exact) mass is 320 g/mol. The second-order valence-electron chi connectivity index (χ2n) is 5.05. The van der Waals surface area contributed by atoms with Gasteiger partial charge in [-0.2, -0.15) is 0 Å².